The number of nitrogens with zero attached hydrogens (tertiary/aromatic N) is 3. The predicted octanol–water partition coefficient (Wildman–Crippen LogP) is 7.86. The number of aliphatic imine (C=N–C) groups is 1. The summed E-state index contributed by atoms with van der Waals surface area (Å²) in [6, 6.07) is 21.6. The molecule has 1 unspecified atom stereocenters. The summed E-state index contributed by atoms with van der Waals surface area (Å²) in [5.74, 6) is 7.31. The maximum absolute atomic E-state index is 12.9. The molecule has 0 aromatic heterocycles. The highest BCUT2D eigenvalue weighted by Gasteiger charge is 2.38. The molecule has 2 atom stereocenters. The van der Waals surface area contributed by atoms with Gasteiger partial charge in [0.05, 0.1) is 23.5 Å². The quantitative estimate of drug-likeness (QED) is 0.279. The van der Waals surface area contributed by atoms with Gasteiger partial charge in [-0.25, -0.2) is 15.6 Å². The number of carboxylic acids is 1. The van der Waals surface area contributed by atoms with Gasteiger partial charge in [-0.1, -0.05) is 61.9 Å². The van der Waals surface area contributed by atoms with E-state index in [9.17, 15) is 9.90 Å². The summed E-state index contributed by atoms with van der Waals surface area (Å²) in [4.78, 5) is 20.2. The molecule has 0 fully saturated rings. The van der Waals surface area contributed by atoms with Crippen LogP contribution in [-0.4, -0.2) is 53.2 Å². The van der Waals surface area contributed by atoms with E-state index in [0.717, 1.165) is 66.9 Å². The second-order valence-corrected chi connectivity index (χ2v) is 14.2. The Kier molecular flexibility index (Phi) is 9.50. The van der Waals surface area contributed by atoms with Crippen LogP contribution in [0.1, 0.15) is 82.1 Å². The minimum atomic E-state index is -1.28. The second kappa shape index (κ2) is 13.6. The Morgan fingerprint density at radius 3 is 2.58 bits per heavy atom. The van der Waals surface area contributed by atoms with Crippen LogP contribution in [0.3, 0.4) is 0 Å². The van der Waals surface area contributed by atoms with E-state index in [0.29, 0.717) is 29.4 Å². The Balaban J connectivity index is 1.55. The summed E-state index contributed by atoms with van der Waals surface area (Å²) < 4.78 is 12.4. The molecule has 0 spiro atoms. The normalized spacial score (nSPS) is 20.3. The van der Waals surface area contributed by atoms with Gasteiger partial charge in [0, 0.05) is 29.3 Å². The molecule has 0 saturated carbocycles. The Morgan fingerprint density at radius 1 is 1.02 bits per heavy atom. The lowest BCUT2D eigenvalue weighted by atomic mass is 9.91. The number of nitrogens with two attached hydrogens (primary N) is 1. The first-order chi connectivity index (χ1) is 22.9. The summed E-state index contributed by atoms with van der Waals surface area (Å²) in [6.07, 6.45) is 5.06. The molecular formula is C40H48N4O4. The van der Waals surface area contributed by atoms with Crippen LogP contribution in [-0.2, 0) is 16.0 Å². The van der Waals surface area contributed by atoms with Crippen molar-refractivity contribution in [2.24, 2.45) is 10.8 Å². The molecule has 3 aromatic rings. The summed E-state index contributed by atoms with van der Waals surface area (Å²) in [6.45, 7) is 13.9. The first-order valence-electron chi connectivity index (χ1n) is 17.1. The number of hydrogen-bond donors (Lipinski definition) is 2. The number of rotatable bonds is 3. The fourth-order valence-electron chi connectivity index (χ4n) is 7.02. The van der Waals surface area contributed by atoms with E-state index >= 15 is 0 Å². The van der Waals surface area contributed by atoms with Crippen molar-refractivity contribution in [1.29, 1.82) is 0 Å². The highest BCUT2D eigenvalue weighted by atomic mass is 16.5. The van der Waals surface area contributed by atoms with Gasteiger partial charge in [0.2, 0.25) is 0 Å². The van der Waals surface area contributed by atoms with Gasteiger partial charge < -0.3 is 19.5 Å². The summed E-state index contributed by atoms with van der Waals surface area (Å²) in [5.41, 5.74) is 8.56. The van der Waals surface area contributed by atoms with Gasteiger partial charge in [-0.15, -0.1) is 0 Å². The number of aryl methyl sites for hydroxylation is 2. The number of ether oxygens (including phenoxy) is 2. The molecule has 48 heavy (non-hydrogen) atoms. The van der Waals surface area contributed by atoms with Crippen LogP contribution in [0.15, 0.2) is 83.1 Å². The van der Waals surface area contributed by atoms with Crippen LogP contribution in [0, 0.1) is 6.92 Å². The van der Waals surface area contributed by atoms with Crippen molar-refractivity contribution in [2.45, 2.75) is 84.8 Å². The van der Waals surface area contributed by atoms with E-state index in [1.54, 1.807) is 5.01 Å². The Hall–Kier alpha value is -4.40. The van der Waals surface area contributed by atoms with E-state index in [-0.39, 0.29) is 5.92 Å². The lowest BCUT2D eigenvalue weighted by Gasteiger charge is -2.37. The van der Waals surface area contributed by atoms with Gasteiger partial charge in [-0.3, -0.25) is 5.01 Å². The van der Waals surface area contributed by atoms with Gasteiger partial charge in [-0.05, 0) is 99.9 Å². The maximum Gasteiger partial charge on any atom is 0.337 e. The van der Waals surface area contributed by atoms with Gasteiger partial charge in [0.1, 0.15) is 18.2 Å². The molecule has 6 bridgehead atoms. The zero-order valence-electron chi connectivity index (χ0n) is 29.0. The van der Waals surface area contributed by atoms with Crippen LogP contribution >= 0.6 is 0 Å². The van der Waals surface area contributed by atoms with Crippen molar-refractivity contribution in [2.75, 3.05) is 24.6 Å². The lowest BCUT2D eigenvalue weighted by Crippen LogP contribution is -2.42. The van der Waals surface area contributed by atoms with Crippen molar-refractivity contribution < 1.29 is 19.4 Å². The molecular weight excluding hydrogens is 600 g/mol. The molecule has 0 aliphatic carbocycles. The molecule has 3 N–H and O–H groups in total. The van der Waals surface area contributed by atoms with E-state index < -0.39 is 17.7 Å². The van der Waals surface area contributed by atoms with Crippen molar-refractivity contribution in [3.05, 3.63) is 100 Å². The zero-order valence-corrected chi connectivity index (χ0v) is 29.0. The number of hydrogen-bond acceptors (Lipinski definition) is 7. The number of fused-ring (bicyclic) bond motifs is 8. The minimum absolute atomic E-state index is 0.0331. The Labute approximate surface area is 284 Å². The fourth-order valence-corrected chi connectivity index (χ4v) is 7.02. The molecule has 8 nitrogen and oxygen atoms in total. The second-order valence-electron chi connectivity index (χ2n) is 14.2. The highest BCUT2D eigenvalue weighted by Crippen LogP contribution is 2.42. The maximum atomic E-state index is 12.9. The van der Waals surface area contributed by atoms with Crippen LogP contribution < -0.4 is 15.5 Å². The van der Waals surface area contributed by atoms with Crippen molar-refractivity contribution in [1.82, 2.24) is 5.01 Å². The van der Waals surface area contributed by atoms with Crippen molar-refractivity contribution >= 4 is 23.1 Å². The number of anilines is 1. The number of hydrazine groups is 1. The van der Waals surface area contributed by atoms with E-state index in [4.69, 9.17) is 20.3 Å². The number of carbonyl (C=O) groups is 1. The topological polar surface area (TPSA) is 101 Å². The largest absolute Gasteiger partial charge is 0.490 e. The summed E-state index contributed by atoms with van der Waals surface area (Å²) in [7, 11) is 0. The van der Waals surface area contributed by atoms with E-state index in [1.807, 2.05) is 40.7 Å². The molecule has 3 heterocycles. The average Bonchev–Trinajstić information content (AvgIpc) is 3.04. The third-order valence-corrected chi connectivity index (χ3v) is 9.41. The number of benzene rings is 3. The molecule has 3 aromatic carbocycles. The molecule has 0 amide bonds. The number of carboxylic acid groups (broad SMARTS) is 1. The van der Waals surface area contributed by atoms with Crippen LogP contribution in [0.5, 0.6) is 5.75 Å². The standard InChI is InChI=1S/C40H48N4O4/c1-25-22-35-42-27(3)36(38(39(45)46)48-40(4,5)6)37(44(35)41)32-24-33-34(21-26(32)2)47-20-19-43(33)18-11-7-8-13-28-14-9-10-17-31(28)30-16-12-15-29(25)23-30/h9-10,12,14-17,21-25,38H,7-8,11,13,18-20,41H2,1-6H3,(H,45,46)/b35-22-/t25?,38-/m0/s1. The molecule has 3 aliphatic heterocycles. The first kappa shape index (κ1) is 33.5. The number of allylic oxidation sites excluding steroid dienone is 1. The predicted molar refractivity (Wildman–Crippen MR) is 193 cm³/mol. The zero-order chi connectivity index (χ0) is 34.2. The van der Waals surface area contributed by atoms with Crippen molar-refractivity contribution in [3.63, 3.8) is 0 Å². The third kappa shape index (κ3) is 6.91. The van der Waals surface area contributed by atoms with E-state index in [1.165, 1.54) is 16.7 Å². The van der Waals surface area contributed by atoms with Crippen LogP contribution in [0.25, 0.3) is 16.8 Å². The van der Waals surface area contributed by atoms with Crippen molar-refractivity contribution in [3.8, 4) is 16.9 Å². The molecule has 3 aliphatic rings. The molecule has 0 radical (unpaired) electrons. The summed E-state index contributed by atoms with van der Waals surface area (Å²) in [5, 5.41) is 12.1. The number of aliphatic carboxylic acids is 1. The fraction of sp³-hybridized carbons (Fsp3) is 0.400. The van der Waals surface area contributed by atoms with Gasteiger partial charge >= 0.3 is 5.97 Å². The molecule has 0 saturated heterocycles. The lowest BCUT2D eigenvalue weighted by molar-refractivity contribution is -0.155. The van der Waals surface area contributed by atoms with Gasteiger partial charge in [0.25, 0.3) is 0 Å². The Morgan fingerprint density at radius 2 is 1.81 bits per heavy atom. The van der Waals surface area contributed by atoms with Gasteiger partial charge in [0.15, 0.2) is 6.10 Å². The molecule has 8 heteroatoms. The molecule has 6 rings (SSSR count). The SMILES string of the molecule is CC1=N/C2=C/C(C)c3cccc(c3)-c3ccccc3CCCCCN3CCOc4cc(C)c(cc43)C(=C1[C@H](OC(C)(C)C)C(=O)O)N2N. The van der Waals surface area contributed by atoms with Crippen LogP contribution in [0.4, 0.5) is 5.69 Å². The average molecular weight is 649 g/mol. The Bertz CT molecular complexity index is 1800. The smallest absolute Gasteiger partial charge is 0.337 e. The van der Waals surface area contributed by atoms with Gasteiger partial charge in [-0.2, -0.15) is 0 Å². The third-order valence-electron chi connectivity index (χ3n) is 9.41. The molecule has 252 valence electrons. The van der Waals surface area contributed by atoms with Crippen LogP contribution in [0.2, 0.25) is 0 Å². The highest BCUT2D eigenvalue weighted by molar-refractivity contribution is 6.11. The van der Waals surface area contributed by atoms with E-state index in [2.05, 4.69) is 72.5 Å². The summed E-state index contributed by atoms with van der Waals surface area (Å²) >= 11 is 0. The monoisotopic (exact) mass is 648 g/mol. The first-order valence-corrected chi connectivity index (χ1v) is 17.1. The minimum Gasteiger partial charge on any atom is -0.490 e.